The number of rotatable bonds is 9. The number of aryl methyl sites for hydroxylation is 1. The van der Waals surface area contributed by atoms with Crippen LogP contribution in [-0.2, 0) is 16.0 Å². The highest BCUT2D eigenvalue weighted by atomic mass is 16.5. The van der Waals surface area contributed by atoms with Crippen molar-refractivity contribution in [3.63, 3.8) is 0 Å². The number of carbonyl (C=O) groups excluding carboxylic acids is 2. The van der Waals surface area contributed by atoms with Crippen molar-refractivity contribution in [1.29, 1.82) is 0 Å². The molecule has 1 aliphatic rings. The molecule has 3 aromatic carbocycles. The van der Waals surface area contributed by atoms with Gasteiger partial charge in [-0.2, -0.15) is 0 Å². The van der Waals surface area contributed by atoms with Gasteiger partial charge in [0.05, 0.1) is 32.4 Å². The van der Waals surface area contributed by atoms with Crippen LogP contribution >= 0.6 is 0 Å². The molecule has 1 saturated heterocycles. The molecule has 192 valence electrons. The molecule has 1 fully saturated rings. The van der Waals surface area contributed by atoms with Crippen LogP contribution in [0.5, 0.6) is 17.2 Å². The molecule has 37 heavy (non-hydrogen) atoms. The van der Waals surface area contributed by atoms with Gasteiger partial charge in [0.1, 0.15) is 23.0 Å². The number of aliphatic hydroxyl groups is 1. The number of benzene rings is 3. The van der Waals surface area contributed by atoms with Crippen molar-refractivity contribution in [3.05, 3.63) is 94.6 Å². The lowest BCUT2D eigenvalue weighted by Gasteiger charge is -2.26. The summed E-state index contributed by atoms with van der Waals surface area (Å²) in [6.07, 6.45) is 0.519. The number of aliphatic hydroxyl groups excluding tert-OH is 1. The number of para-hydroxylation sites is 1. The van der Waals surface area contributed by atoms with Gasteiger partial charge in [-0.25, -0.2) is 0 Å². The zero-order valence-corrected chi connectivity index (χ0v) is 21.5. The van der Waals surface area contributed by atoms with Crippen LogP contribution < -0.4 is 14.2 Å². The van der Waals surface area contributed by atoms with Crippen molar-refractivity contribution in [2.45, 2.75) is 26.3 Å². The summed E-state index contributed by atoms with van der Waals surface area (Å²) in [4.78, 5) is 28.2. The second kappa shape index (κ2) is 11.2. The molecular weight excluding hydrogens is 470 g/mol. The number of Topliss-reactive ketones (excluding diaryl/α,β-unsaturated/α-hetero) is 1. The highest BCUT2D eigenvalue weighted by Crippen LogP contribution is 2.43. The molecule has 1 amide bonds. The zero-order valence-electron chi connectivity index (χ0n) is 21.5. The predicted octanol–water partition coefficient (Wildman–Crippen LogP) is 5.08. The molecule has 0 aromatic heterocycles. The molecule has 4 rings (SSSR count). The third-order valence-corrected chi connectivity index (χ3v) is 6.52. The van der Waals surface area contributed by atoms with Gasteiger partial charge in [0.15, 0.2) is 0 Å². The number of methoxy groups -OCH3 is 2. The van der Waals surface area contributed by atoms with E-state index >= 15 is 0 Å². The van der Waals surface area contributed by atoms with E-state index in [2.05, 4.69) is 0 Å². The number of likely N-dealkylation sites (tertiary alicyclic amines) is 1. The Bertz CT molecular complexity index is 1330. The smallest absolute Gasteiger partial charge is 0.295 e. The molecule has 1 heterocycles. The number of hydrogen-bond donors (Lipinski definition) is 1. The Kier molecular flexibility index (Phi) is 7.82. The monoisotopic (exact) mass is 501 g/mol. The summed E-state index contributed by atoms with van der Waals surface area (Å²) in [7, 11) is 3.14. The van der Waals surface area contributed by atoms with Crippen molar-refractivity contribution >= 4 is 17.4 Å². The lowest BCUT2D eigenvalue weighted by atomic mass is 9.94. The van der Waals surface area contributed by atoms with E-state index in [1.54, 1.807) is 31.4 Å². The minimum atomic E-state index is -0.804. The summed E-state index contributed by atoms with van der Waals surface area (Å²) < 4.78 is 16.4. The third kappa shape index (κ3) is 5.16. The van der Waals surface area contributed by atoms with Gasteiger partial charge in [-0.1, -0.05) is 30.3 Å². The van der Waals surface area contributed by atoms with Crippen molar-refractivity contribution < 1.29 is 28.9 Å². The third-order valence-electron chi connectivity index (χ3n) is 6.52. The molecule has 1 aliphatic heterocycles. The maximum atomic E-state index is 13.4. The fourth-order valence-corrected chi connectivity index (χ4v) is 4.64. The van der Waals surface area contributed by atoms with Crippen LogP contribution in [0.1, 0.15) is 35.2 Å². The van der Waals surface area contributed by atoms with Gasteiger partial charge in [-0.15, -0.1) is 0 Å². The van der Waals surface area contributed by atoms with Gasteiger partial charge < -0.3 is 24.2 Å². The Morgan fingerprint density at radius 2 is 1.68 bits per heavy atom. The van der Waals surface area contributed by atoms with Crippen molar-refractivity contribution in [1.82, 2.24) is 4.90 Å². The van der Waals surface area contributed by atoms with E-state index in [-0.39, 0.29) is 17.9 Å². The van der Waals surface area contributed by atoms with Crippen LogP contribution in [0.3, 0.4) is 0 Å². The van der Waals surface area contributed by atoms with Crippen molar-refractivity contribution in [3.8, 4) is 17.2 Å². The van der Waals surface area contributed by atoms with Crippen LogP contribution in [0.2, 0.25) is 0 Å². The molecule has 3 aromatic rings. The SMILES string of the molecule is CCOc1ccc(/C(O)=C2\C(=O)C(=O)N(CCc3ccc(OC)cc3)C2c2ccccc2OC)cc1C. The molecule has 7 nitrogen and oxygen atoms in total. The van der Waals surface area contributed by atoms with E-state index < -0.39 is 17.7 Å². The van der Waals surface area contributed by atoms with Crippen LogP contribution in [0.25, 0.3) is 5.76 Å². The fourth-order valence-electron chi connectivity index (χ4n) is 4.64. The maximum Gasteiger partial charge on any atom is 0.295 e. The number of hydrogen-bond acceptors (Lipinski definition) is 6. The van der Waals surface area contributed by atoms with E-state index in [4.69, 9.17) is 14.2 Å². The lowest BCUT2D eigenvalue weighted by molar-refractivity contribution is -0.139. The van der Waals surface area contributed by atoms with E-state index in [9.17, 15) is 14.7 Å². The number of carbonyl (C=O) groups is 2. The first-order valence-corrected chi connectivity index (χ1v) is 12.2. The summed E-state index contributed by atoms with van der Waals surface area (Å²) in [6.45, 7) is 4.55. The predicted molar refractivity (Wildman–Crippen MR) is 141 cm³/mol. The standard InChI is InChI=1S/C30H31NO6/c1-5-37-24-15-12-21(18-19(24)2)28(32)26-27(23-8-6-7-9-25(23)36-4)31(30(34)29(26)33)17-16-20-10-13-22(35-3)14-11-20/h6-15,18,27,32H,5,16-17H2,1-4H3/b28-26+. The first-order chi connectivity index (χ1) is 17.9. The second-order valence-corrected chi connectivity index (χ2v) is 8.75. The number of ether oxygens (including phenoxy) is 3. The van der Waals surface area contributed by atoms with Crippen molar-refractivity contribution in [2.24, 2.45) is 0 Å². The molecule has 1 atom stereocenters. The van der Waals surface area contributed by atoms with Gasteiger partial charge in [-0.3, -0.25) is 9.59 Å². The average molecular weight is 502 g/mol. The highest BCUT2D eigenvalue weighted by Gasteiger charge is 2.46. The van der Waals surface area contributed by atoms with Crippen LogP contribution in [0, 0.1) is 6.92 Å². The van der Waals surface area contributed by atoms with Crippen LogP contribution in [0.4, 0.5) is 0 Å². The normalized spacial score (nSPS) is 16.6. The Morgan fingerprint density at radius 3 is 2.32 bits per heavy atom. The largest absolute Gasteiger partial charge is 0.507 e. The first kappa shape index (κ1) is 25.8. The van der Waals surface area contributed by atoms with Crippen LogP contribution in [-0.4, -0.2) is 49.1 Å². The molecule has 0 aliphatic carbocycles. The molecule has 1 unspecified atom stereocenters. The summed E-state index contributed by atoms with van der Waals surface area (Å²) in [5, 5.41) is 11.4. The molecule has 1 N–H and O–H groups in total. The Labute approximate surface area is 216 Å². The molecule has 7 heteroatoms. The van der Waals surface area contributed by atoms with E-state index in [0.29, 0.717) is 35.7 Å². The highest BCUT2D eigenvalue weighted by molar-refractivity contribution is 6.46. The first-order valence-electron chi connectivity index (χ1n) is 12.2. The fraction of sp³-hybridized carbons (Fsp3) is 0.267. The second-order valence-electron chi connectivity index (χ2n) is 8.75. The minimum absolute atomic E-state index is 0.0350. The van der Waals surface area contributed by atoms with Gasteiger partial charge in [0.2, 0.25) is 0 Å². The molecule has 0 bridgehead atoms. The lowest BCUT2D eigenvalue weighted by Crippen LogP contribution is -2.31. The molecule has 0 saturated carbocycles. The number of amides is 1. The van der Waals surface area contributed by atoms with Gasteiger partial charge >= 0.3 is 0 Å². The van der Waals surface area contributed by atoms with E-state index in [1.165, 1.54) is 12.0 Å². The summed E-state index contributed by atoms with van der Waals surface area (Å²) in [5.74, 6) is 0.345. The Hall–Kier alpha value is -4.26. The summed E-state index contributed by atoms with van der Waals surface area (Å²) >= 11 is 0. The van der Waals surface area contributed by atoms with Crippen molar-refractivity contribution in [2.75, 3.05) is 27.4 Å². The van der Waals surface area contributed by atoms with Gasteiger partial charge in [0.25, 0.3) is 11.7 Å². The minimum Gasteiger partial charge on any atom is -0.507 e. The molecule has 0 radical (unpaired) electrons. The van der Waals surface area contributed by atoms with Gasteiger partial charge in [0, 0.05) is 17.7 Å². The Balaban J connectivity index is 1.78. The van der Waals surface area contributed by atoms with E-state index in [0.717, 1.165) is 16.9 Å². The quantitative estimate of drug-likeness (QED) is 0.250. The number of nitrogens with zero attached hydrogens (tertiary/aromatic N) is 1. The number of ketones is 1. The summed E-state index contributed by atoms with van der Waals surface area (Å²) in [6, 6.07) is 19.2. The van der Waals surface area contributed by atoms with E-state index in [1.807, 2.05) is 56.3 Å². The molecular formula is C30H31NO6. The molecule has 0 spiro atoms. The maximum absolute atomic E-state index is 13.4. The van der Waals surface area contributed by atoms with Gasteiger partial charge in [-0.05, 0) is 67.8 Å². The summed E-state index contributed by atoms with van der Waals surface area (Å²) in [5.41, 5.74) is 2.90. The average Bonchev–Trinajstić information content (AvgIpc) is 3.17. The topological polar surface area (TPSA) is 85.3 Å². The Morgan fingerprint density at radius 1 is 0.946 bits per heavy atom. The zero-order chi connectivity index (χ0) is 26.5. The van der Waals surface area contributed by atoms with Crippen LogP contribution in [0.15, 0.2) is 72.3 Å².